The zero-order chi connectivity index (χ0) is 19.0. The first kappa shape index (κ1) is 17.0. The lowest BCUT2D eigenvalue weighted by atomic mass is 10.0. The molecular weight excluding hydrogens is 345 g/mol. The van der Waals surface area contributed by atoms with Crippen LogP contribution in [0.15, 0.2) is 48.8 Å². The second-order valence-electron chi connectivity index (χ2n) is 6.57. The zero-order valence-corrected chi connectivity index (χ0v) is 14.4. The van der Waals surface area contributed by atoms with Crippen molar-refractivity contribution < 1.29 is 9.50 Å². The smallest absolute Gasteiger partial charge is 0.141 e. The maximum Gasteiger partial charge on any atom is 0.141 e. The summed E-state index contributed by atoms with van der Waals surface area (Å²) < 4.78 is 13.6. The minimum atomic E-state index is -0.633. The number of nitrogens with zero attached hydrogens (tertiary/aromatic N) is 2. The fourth-order valence-corrected chi connectivity index (χ4v) is 3.47. The highest BCUT2D eigenvalue weighted by atomic mass is 19.1. The van der Waals surface area contributed by atoms with E-state index in [4.69, 9.17) is 11.1 Å². The second kappa shape index (κ2) is 6.68. The minimum absolute atomic E-state index is 0.0547. The van der Waals surface area contributed by atoms with Crippen molar-refractivity contribution in [3.8, 4) is 5.75 Å². The molecular formula is C20H18FN5O. The van der Waals surface area contributed by atoms with Crippen molar-refractivity contribution >= 4 is 17.3 Å². The van der Waals surface area contributed by atoms with Crippen LogP contribution in [0.2, 0.25) is 0 Å². The maximum absolute atomic E-state index is 13.6. The molecule has 1 heterocycles. The molecule has 6 nitrogen and oxygen atoms in total. The lowest BCUT2D eigenvalue weighted by molar-refractivity contribution is 0.469. The monoisotopic (exact) mass is 363 g/mol. The van der Waals surface area contributed by atoms with Crippen molar-refractivity contribution in [2.45, 2.75) is 18.9 Å². The minimum Gasteiger partial charge on any atom is -0.508 e. The SMILES string of the molecule is N=C(c1cc(O)cc(F)c1)c1c(N)ncnc1NC1Cc2ccccc2C1. The summed E-state index contributed by atoms with van der Waals surface area (Å²) in [5.41, 5.74) is 9.00. The molecule has 0 atom stereocenters. The fraction of sp³-hybridized carbons (Fsp3) is 0.150. The van der Waals surface area contributed by atoms with E-state index < -0.39 is 5.82 Å². The first-order valence-electron chi connectivity index (χ1n) is 8.54. The quantitative estimate of drug-likeness (QED) is 0.533. The molecule has 7 heteroatoms. The Morgan fingerprint density at radius 3 is 2.52 bits per heavy atom. The number of aromatic hydroxyl groups is 1. The van der Waals surface area contributed by atoms with Crippen LogP contribution in [0.25, 0.3) is 0 Å². The van der Waals surface area contributed by atoms with Crippen molar-refractivity contribution in [3.63, 3.8) is 0 Å². The Morgan fingerprint density at radius 2 is 1.85 bits per heavy atom. The molecule has 0 bridgehead atoms. The van der Waals surface area contributed by atoms with Crippen LogP contribution in [0.1, 0.15) is 22.3 Å². The van der Waals surface area contributed by atoms with Gasteiger partial charge in [0.1, 0.15) is 29.5 Å². The number of nitrogen functional groups attached to an aromatic ring is 1. The molecule has 0 amide bonds. The van der Waals surface area contributed by atoms with E-state index in [1.54, 1.807) is 0 Å². The highest BCUT2D eigenvalue weighted by Crippen LogP contribution is 2.28. The molecule has 0 saturated heterocycles. The number of nitrogens with two attached hydrogens (primary N) is 1. The van der Waals surface area contributed by atoms with Gasteiger partial charge in [0, 0.05) is 17.7 Å². The molecule has 0 unspecified atom stereocenters. The van der Waals surface area contributed by atoms with Crippen molar-refractivity contribution in [1.82, 2.24) is 9.97 Å². The van der Waals surface area contributed by atoms with E-state index in [0.717, 1.165) is 18.9 Å². The molecule has 5 N–H and O–H groups in total. The van der Waals surface area contributed by atoms with Gasteiger partial charge in [0.15, 0.2) is 0 Å². The summed E-state index contributed by atoms with van der Waals surface area (Å²) >= 11 is 0. The first-order valence-corrected chi connectivity index (χ1v) is 8.54. The third-order valence-corrected chi connectivity index (χ3v) is 4.69. The number of benzene rings is 2. The predicted octanol–water partition coefficient (Wildman–Crippen LogP) is 2.90. The summed E-state index contributed by atoms with van der Waals surface area (Å²) in [6.45, 7) is 0. The van der Waals surface area contributed by atoms with Crippen LogP contribution in [0.4, 0.5) is 16.0 Å². The average molecular weight is 363 g/mol. The van der Waals surface area contributed by atoms with Crippen molar-refractivity contribution in [1.29, 1.82) is 5.41 Å². The molecule has 4 rings (SSSR count). The van der Waals surface area contributed by atoms with Gasteiger partial charge in [-0.3, -0.25) is 5.41 Å². The average Bonchev–Trinajstić information content (AvgIpc) is 3.03. The second-order valence-corrected chi connectivity index (χ2v) is 6.57. The van der Waals surface area contributed by atoms with E-state index >= 15 is 0 Å². The van der Waals surface area contributed by atoms with E-state index in [2.05, 4.69) is 27.4 Å². The number of rotatable bonds is 4. The van der Waals surface area contributed by atoms with Crippen LogP contribution in [-0.4, -0.2) is 26.8 Å². The third-order valence-electron chi connectivity index (χ3n) is 4.69. The molecule has 0 spiro atoms. The summed E-state index contributed by atoms with van der Waals surface area (Å²) in [6.07, 6.45) is 3.01. The molecule has 2 aromatic carbocycles. The van der Waals surface area contributed by atoms with Crippen LogP contribution < -0.4 is 11.1 Å². The van der Waals surface area contributed by atoms with Gasteiger partial charge in [-0.25, -0.2) is 14.4 Å². The standard InChI is InChI=1S/C20H18FN5O/c21-14-5-13(8-16(27)9-14)18(22)17-19(23)24-10-25-20(17)26-15-6-11-3-1-2-4-12(11)7-15/h1-5,8-10,15,22,27H,6-7H2,(H3,23,24,25,26). The summed E-state index contributed by atoms with van der Waals surface area (Å²) in [5, 5.41) is 21.5. The van der Waals surface area contributed by atoms with E-state index in [1.165, 1.54) is 29.6 Å². The Kier molecular flexibility index (Phi) is 4.19. The Bertz CT molecular complexity index is 991. The Hall–Kier alpha value is -3.48. The molecule has 0 radical (unpaired) electrons. The topological polar surface area (TPSA) is 108 Å². The lowest BCUT2D eigenvalue weighted by Gasteiger charge is -2.17. The van der Waals surface area contributed by atoms with Crippen LogP contribution in [0, 0.1) is 11.2 Å². The Morgan fingerprint density at radius 1 is 1.15 bits per heavy atom. The highest BCUT2D eigenvalue weighted by Gasteiger charge is 2.24. The molecule has 0 fully saturated rings. The number of hydrogen-bond donors (Lipinski definition) is 4. The van der Waals surface area contributed by atoms with E-state index in [1.807, 2.05) is 12.1 Å². The van der Waals surface area contributed by atoms with Gasteiger partial charge >= 0.3 is 0 Å². The van der Waals surface area contributed by atoms with Gasteiger partial charge in [0.25, 0.3) is 0 Å². The normalized spacial score (nSPS) is 13.4. The number of phenolic OH excluding ortho intramolecular Hbond substituents is 1. The molecule has 136 valence electrons. The largest absolute Gasteiger partial charge is 0.508 e. The van der Waals surface area contributed by atoms with Gasteiger partial charge in [-0.15, -0.1) is 0 Å². The predicted molar refractivity (Wildman–Crippen MR) is 102 cm³/mol. The summed E-state index contributed by atoms with van der Waals surface area (Å²) in [5.74, 6) is -0.345. The van der Waals surface area contributed by atoms with Crippen molar-refractivity contribution in [2.75, 3.05) is 11.1 Å². The number of hydrogen-bond acceptors (Lipinski definition) is 6. The van der Waals surface area contributed by atoms with Gasteiger partial charge in [-0.1, -0.05) is 24.3 Å². The highest BCUT2D eigenvalue weighted by molar-refractivity contribution is 6.16. The van der Waals surface area contributed by atoms with Crippen LogP contribution >= 0.6 is 0 Å². The molecule has 1 aromatic heterocycles. The zero-order valence-electron chi connectivity index (χ0n) is 14.4. The first-order chi connectivity index (χ1) is 13.0. The van der Waals surface area contributed by atoms with Crippen LogP contribution in [-0.2, 0) is 12.8 Å². The molecule has 0 saturated carbocycles. The summed E-state index contributed by atoms with van der Waals surface area (Å²) in [4.78, 5) is 8.23. The lowest BCUT2D eigenvalue weighted by Crippen LogP contribution is -2.23. The number of phenols is 1. The number of aromatic nitrogens is 2. The molecule has 1 aliphatic carbocycles. The van der Waals surface area contributed by atoms with Crippen molar-refractivity contribution in [3.05, 3.63) is 76.9 Å². The number of nitrogens with one attached hydrogen (secondary N) is 2. The molecule has 3 aromatic rings. The van der Waals surface area contributed by atoms with E-state index in [-0.39, 0.29) is 28.9 Å². The van der Waals surface area contributed by atoms with Crippen LogP contribution in [0.5, 0.6) is 5.75 Å². The Balaban J connectivity index is 1.66. The number of halogens is 1. The van der Waals surface area contributed by atoms with E-state index in [9.17, 15) is 9.50 Å². The number of fused-ring (bicyclic) bond motifs is 1. The fourth-order valence-electron chi connectivity index (χ4n) is 3.47. The van der Waals surface area contributed by atoms with Gasteiger partial charge in [-0.2, -0.15) is 0 Å². The van der Waals surface area contributed by atoms with E-state index in [0.29, 0.717) is 11.4 Å². The molecule has 27 heavy (non-hydrogen) atoms. The summed E-state index contributed by atoms with van der Waals surface area (Å²) in [6, 6.07) is 11.8. The van der Waals surface area contributed by atoms with Gasteiger partial charge in [0.2, 0.25) is 0 Å². The van der Waals surface area contributed by atoms with Gasteiger partial charge in [0.05, 0.1) is 11.3 Å². The molecule has 1 aliphatic rings. The van der Waals surface area contributed by atoms with Gasteiger partial charge in [-0.05, 0) is 36.1 Å². The van der Waals surface area contributed by atoms with Crippen LogP contribution in [0.3, 0.4) is 0 Å². The molecule has 0 aliphatic heterocycles. The van der Waals surface area contributed by atoms with Crippen molar-refractivity contribution in [2.24, 2.45) is 0 Å². The Labute approximate surface area is 155 Å². The third kappa shape index (κ3) is 3.31. The summed E-state index contributed by atoms with van der Waals surface area (Å²) in [7, 11) is 0. The van der Waals surface area contributed by atoms with Gasteiger partial charge < -0.3 is 16.2 Å². The number of anilines is 2. The maximum atomic E-state index is 13.6.